The summed E-state index contributed by atoms with van der Waals surface area (Å²) < 4.78 is 18.0. The fourth-order valence-electron chi connectivity index (χ4n) is 9.33. The number of nitrogens with one attached hydrogen (secondary N) is 3. The van der Waals surface area contributed by atoms with Crippen LogP contribution in [0.25, 0.3) is 10.4 Å². The van der Waals surface area contributed by atoms with Crippen molar-refractivity contribution in [2.45, 2.75) is 118 Å². The smallest absolute Gasteiger partial charge is 0.251 e. The van der Waals surface area contributed by atoms with E-state index in [-0.39, 0.29) is 53.2 Å². The number of unbranched alkanes of at least 4 members (excludes halogenated alkanes) is 2. The highest BCUT2D eigenvalue weighted by Gasteiger charge is 2.64. The van der Waals surface area contributed by atoms with Crippen LogP contribution in [0.2, 0.25) is 5.02 Å². The van der Waals surface area contributed by atoms with Gasteiger partial charge in [0.05, 0.1) is 33.3 Å². The number of aryl methyl sites for hydroxylation is 1. The minimum Gasteiger partial charge on any atom is -0.494 e. The molecular weight excluding hydrogens is 876 g/mol. The van der Waals surface area contributed by atoms with E-state index in [1.165, 1.54) is 0 Å². The van der Waals surface area contributed by atoms with Crippen LogP contribution in [-0.2, 0) is 25.7 Å². The van der Waals surface area contributed by atoms with Gasteiger partial charge in [0.1, 0.15) is 42.4 Å². The van der Waals surface area contributed by atoms with Crippen LogP contribution in [0.5, 0.6) is 11.5 Å². The van der Waals surface area contributed by atoms with E-state index in [2.05, 4.69) is 54.7 Å². The molecule has 6 rings (SSSR count). The van der Waals surface area contributed by atoms with Crippen LogP contribution in [0, 0.1) is 34.5 Å². The molecule has 15 heteroatoms. The molecule has 4 amide bonds. The number of nitrogens with zero attached hydrogens (tertiary/aromatic N) is 3. The molecule has 1 aliphatic carbocycles. The second-order valence-corrected chi connectivity index (χ2v) is 20.8. The lowest BCUT2D eigenvalue weighted by Gasteiger charge is -2.63. The Morgan fingerprint density at radius 1 is 0.955 bits per heavy atom. The van der Waals surface area contributed by atoms with Crippen molar-refractivity contribution in [2.24, 2.45) is 16.2 Å². The van der Waals surface area contributed by atoms with E-state index in [0.29, 0.717) is 66.8 Å². The summed E-state index contributed by atoms with van der Waals surface area (Å²) in [7, 11) is 0. The Labute approximate surface area is 397 Å². The van der Waals surface area contributed by atoms with Gasteiger partial charge < -0.3 is 35.1 Å². The third-order valence-corrected chi connectivity index (χ3v) is 14.0. The highest BCUT2D eigenvalue weighted by molar-refractivity contribution is 7.13. The van der Waals surface area contributed by atoms with Crippen LogP contribution in [0.3, 0.4) is 0 Å². The molecule has 2 aliphatic rings. The molecule has 13 nitrogen and oxygen atoms in total. The summed E-state index contributed by atoms with van der Waals surface area (Å²) in [6, 6.07) is 20.6. The number of carbonyl (C=O) groups is 4. The van der Waals surface area contributed by atoms with Gasteiger partial charge in [-0.05, 0) is 92.0 Å². The number of ether oxygens (including phenoxy) is 3. The molecule has 0 unspecified atom stereocenters. The molecule has 352 valence electrons. The van der Waals surface area contributed by atoms with E-state index in [1.807, 2.05) is 57.5 Å². The summed E-state index contributed by atoms with van der Waals surface area (Å²) in [6.07, 6.45) is 3.36. The third-order valence-electron chi connectivity index (χ3n) is 12.7. The Hall–Kier alpha value is -5.49. The molecule has 0 radical (unpaired) electrons. The van der Waals surface area contributed by atoms with Gasteiger partial charge in [0.25, 0.3) is 5.91 Å². The lowest BCUT2D eigenvalue weighted by atomic mass is 9.49. The highest BCUT2D eigenvalue weighted by Crippen LogP contribution is 2.55. The predicted molar refractivity (Wildman–Crippen MR) is 256 cm³/mol. The molecule has 3 N–H and O–H groups in total. The number of benzene rings is 3. The third kappa shape index (κ3) is 11.9. The molecule has 2 heterocycles. The maximum Gasteiger partial charge on any atom is 0.251 e. The zero-order valence-electron chi connectivity index (χ0n) is 39.3. The van der Waals surface area contributed by atoms with Crippen molar-refractivity contribution in [3.05, 3.63) is 99.6 Å². The zero-order chi connectivity index (χ0) is 47.8. The van der Waals surface area contributed by atoms with Crippen molar-refractivity contribution in [3.8, 4) is 28.0 Å². The van der Waals surface area contributed by atoms with Crippen LogP contribution in [-0.4, -0.2) is 84.1 Å². The molecule has 1 aliphatic heterocycles. The van der Waals surface area contributed by atoms with E-state index in [4.69, 9.17) is 25.8 Å². The number of hydrogen-bond donors (Lipinski definition) is 3. The Kier molecular flexibility index (Phi) is 16.2. The van der Waals surface area contributed by atoms with Gasteiger partial charge in [0.15, 0.2) is 0 Å². The van der Waals surface area contributed by atoms with Crippen molar-refractivity contribution in [1.29, 1.82) is 5.26 Å². The molecule has 0 spiro atoms. The Morgan fingerprint density at radius 2 is 1.64 bits per heavy atom. The van der Waals surface area contributed by atoms with E-state index in [0.717, 1.165) is 41.0 Å². The van der Waals surface area contributed by atoms with Crippen molar-refractivity contribution >= 4 is 46.6 Å². The minimum absolute atomic E-state index is 0.162. The van der Waals surface area contributed by atoms with Crippen molar-refractivity contribution in [1.82, 2.24) is 25.8 Å². The SMILES string of the molecule is Cc1ncsc1-c1ccc(CNC(=O)[C@@H]2CCCN2C(=O)[C@@H](NC(=O)COCCCCCOc2ccc(C(=O)N[C@H]3C(C)(C)[C@H](Oc4ccc(C#N)c(Cl)c4)C3(C)C)cc2)C(C)(C)C)cc1. The van der Waals surface area contributed by atoms with Crippen LogP contribution >= 0.6 is 22.9 Å². The molecule has 4 aromatic rings. The van der Waals surface area contributed by atoms with Gasteiger partial charge in [-0.25, -0.2) is 4.98 Å². The van der Waals surface area contributed by atoms with Crippen molar-refractivity contribution in [3.63, 3.8) is 0 Å². The molecular formula is C51H63ClN6O7S. The van der Waals surface area contributed by atoms with E-state index in [9.17, 15) is 24.4 Å². The number of hydrogen-bond acceptors (Lipinski definition) is 10. The first-order valence-corrected chi connectivity index (χ1v) is 23.9. The van der Waals surface area contributed by atoms with E-state index >= 15 is 0 Å². The van der Waals surface area contributed by atoms with Gasteiger partial charge in [0.2, 0.25) is 17.7 Å². The van der Waals surface area contributed by atoms with Gasteiger partial charge in [-0.1, -0.05) is 84.3 Å². The molecule has 3 aromatic carbocycles. The Bertz CT molecular complexity index is 2370. The summed E-state index contributed by atoms with van der Waals surface area (Å²) in [5, 5.41) is 18.7. The number of carbonyl (C=O) groups excluding carboxylic acids is 4. The molecule has 66 heavy (non-hydrogen) atoms. The number of aromatic nitrogens is 1. The van der Waals surface area contributed by atoms with Crippen molar-refractivity contribution < 1.29 is 33.4 Å². The lowest BCUT2D eigenvalue weighted by Crippen LogP contribution is -2.74. The number of amides is 4. The molecule has 1 saturated heterocycles. The summed E-state index contributed by atoms with van der Waals surface area (Å²) in [6.45, 7) is 17.4. The average molecular weight is 940 g/mol. The first-order valence-electron chi connectivity index (χ1n) is 22.7. The lowest BCUT2D eigenvalue weighted by molar-refractivity contribution is -0.164. The summed E-state index contributed by atoms with van der Waals surface area (Å²) in [5.74, 6) is 0.192. The maximum atomic E-state index is 13.9. The van der Waals surface area contributed by atoms with Crippen LogP contribution in [0.15, 0.2) is 72.2 Å². The number of nitriles is 1. The van der Waals surface area contributed by atoms with Gasteiger partial charge in [-0.3, -0.25) is 19.2 Å². The van der Waals surface area contributed by atoms with E-state index < -0.39 is 17.5 Å². The second-order valence-electron chi connectivity index (χ2n) is 19.5. The predicted octanol–water partition coefficient (Wildman–Crippen LogP) is 8.66. The van der Waals surface area contributed by atoms with Crippen LogP contribution in [0.1, 0.15) is 108 Å². The standard InChI is InChI=1S/C51H63ClN6O7S/c1-32-42(66-31-55-32)34-16-14-33(15-17-34)29-54-45(61)40-13-12-24-58(40)46(62)43(49(2,3)4)56-41(59)30-63-25-10-9-11-26-64-37-21-18-35(19-22-37)44(60)57-47-50(5,6)48(51(47,7)8)65-38-23-20-36(28-53)39(52)27-38/h14-23,27,31,40,43,47-48H,9-13,24-26,29-30H2,1-8H3,(H,54,61)(H,56,59)(H,57,60)/t40-,43+,47-,48-/m0/s1. The largest absolute Gasteiger partial charge is 0.494 e. The normalized spacial score (nSPS) is 18.9. The molecule has 2 atom stereocenters. The van der Waals surface area contributed by atoms with Gasteiger partial charge in [-0.2, -0.15) is 5.26 Å². The number of thiazole rings is 1. The average Bonchev–Trinajstić information content (AvgIpc) is 3.96. The van der Waals surface area contributed by atoms with Gasteiger partial charge in [0, 0.05) is 48.2 Å². The van der Waals surface area contributed by atoms with Crippen LogP contribution in [0.4, 0.5) is 0 Å². The maximum absolute atomic E-state index is 13.9. The number of halogens is 1. The minimum atomic E-state index is -0.831. The first kappa shape index (κ1) is 49.9. The topological polar surface area (TPSA) is 172 Å². The summed E-state index contributed by atoms with van der Waals surface area (Å²) in [5.41, 5.74) is 4.41. The first-order chi connectivity index (χ1) is 31.3. The monoisotopic (exact) mass is 938 g/mol. The summed E-state index contributed by atoms with van der Waals surface area (Å²) in [4.78, 5) is 60.8. The quantitative estimate of drug-likeness (QED) is 0.0779. The Morgan fingerprint density at radius 3 is 2.27 bits per heavy atom. The highest BCUT2D eigenvalue weighted by atomic mass is 35.5. The number of likely N-dealkylation sites (tertiary alicyclic amines) is 1. The molecule has 2 fully saturated rings. The molecule has 0 bridgehead atoms. The molecule has 1 saturated carbocycles. The fraction of sp³-hybridized carbons (Fsp3) is 0.490. The second kappa shape index (κ2) is 21.4. The molecule has 1 aromatic heterocycles. The van der Waals surface area contributed by atoms with Gasteiger partial charge >= 0.3 is 0 Å². The van der Waals surface area contributed by atoms with Crippen LogP contribution < -0.4 is 25.4 Å². The van der Waals surface area contributed by atoms with Crippen molar-refractivity contribution in [2.75, 3.05) is 26.4 Å². The van der Waals surface area contributed by atoms with Gasteiger partial charge in [-0.15, -0.1) is 11.3 Å². The van der Waals surface area contributed by atoms with E-state index in [1.54, 1.807) is 58.7 Å². The number of rotatable bonds is 19. The summed E-state index contributed by atoms with van der Waals surface area (Å²) >= 11 is 7.83. The zero-order valence-corrected chi connectivity index (χ0v) is 40.9. The fourth-order valence-corrected chi connectivity index (χ4v) is 10.4. The Balaban J connectivity index is 0.867.